The fourth-order valence-corrected chi connectivity index (χ4v) is 2.93. The topological polar surface area (TPSA) is 60.9 Å². The maximum Gasteiger partial charge on any atom is 0.305 e. The molecule has 1 saturated heterocycles. The van der Waals surface area contributed by atoms with Crippen LogP contribution < -0.4 is 0 Å². The minimum atomic E-state index is -0.867. The lowest BCUT2D eigenvalue weighted by atomic mass is 9.96. The van der Waals surface area contributed by atoms with Crippen LogP contribution >= 0.6 is 0 Å². The number of carbonyl (C=O) groups is 2. The van der Waals surface area contributed by atoms with Crippen LogP contribution in [0.5, 0.6) is 0 Å². The fourth-order valence-electron chi connectivity index (χ4n) is 2.93. The van der Waals surface area contributed by atoms with Gasteiger partial charge in [-0.3, -0.25) is 14.5 Å². The Hall–Kier alpha value is -1.88. The first-order valence-electron chi connectivity index (χ1n) is 7.79. The molecule has 120 valence electrons. The first kappa shape index (κ1) is 16.5. The van der Waals surface area contributed by atoms with Crippen molar-refractivity contribution < 1.29 is 14.7 Å². The van der Waals surface area contributed by atoms with Gasteiger partial charge in [0, 0.05) is 26.7 Å². The van der Waals surface area contributed by atoms with Crippen molar-refractivity contribution in [1.82, 2.24) is 9.80 Å². The summed E-state index contributed by atoms with van der Waals surface area (Å²) in [7, 11) is 1.70. The Morgan fingerprint density at radius 2 is 2.05 bits per heavy atom. The standard InChI is InChI=1S/C17H24N2O3/c1-18(11-9-16(20)21)17(22)15-8-5-10-19(13-15)12-14-6-3-2-4-7-14/h2-4,6-7,15H,5,8-13H2,1H3,(H,20,21). The van der Waals surface area contributed by atoms with Gasteiger partial charge in [0.2, 0.25) is 5.91 Å². The van der Waals surface area contributed by atoms with Crippen molar-refractivity contribution in [1.29, 1.82) is 0 Å². The molecule has 1 amide bonds. The number of likely N-dealkylation sites (tertiary alicyclic amines) is 1. The van der Waals surface area contributed by atoms with E-state index in [2.05, 4.69) is 17.0 Å². The molecule has 0 aromatic heterocycles. The van der Waals surface area contributed by atoms with E-state index in [9.17, 15) is 9.59 Å². The molecule has 0 spiro atoms. The van der Waals surface area contributed by atoms with Crippen LogP contribution in [0.4, 0.5) is 0 Å². The normalized spacial score (nSPS) is 18.9. The van der Waals surface area contributed by atoms with E-state index in [4.69, 9.17) is 5.11 Å². The fraction of sp³-hybridized carbons (Fsp3) is 0.529. The Labute approximate surface area is 131 Å². The Balaban J connectivity index is 1.87. The average molecular weight is 304 g/mol. The molecule has 0 saturated carbocycles. The van der Waals surface area contributed by atoms with Gasteiger partial charge in [0.1, 0.15) is 0 Å². The number of carboxylic acid groups (broad SMARTS) is 1. The summed E-state index contributed by atoms with van der Waals surface area (Å²) in [4.78, 5) is 26.9. The summed E-state index contributed by atoms with van der Waals surface area (Å²) in [6, 6.07) is 10.3. The Morgan fingerprint density at radius 1 is 1.32 bits per heavy atom. The minimum absolute atomic E-state index is 0.00267. The summed E-state index contributed by atoms with van der Waals surface area (Å²) in [6.45, 7) is 2.91. The molecule has 1 fully saturated rings. The van der Waals surface area contributed by atoms with Crippen LogP contribution in [-0.2, 0) is 16.1 Å². The van der Waals surface area contributed by atoms with Crippen molar-refractivity contribution in [2.45, 2.75) is 25.8 Å². The third-order valence-electron chi connectivity index (χ3n) is 4.14. The number of benzene rings is 1. The van der Waals surface area contributed by atoms with Crippen LogP contribution in [0.15, 0.2) is 30.3 Å². The summed E-state index contributed by atoms with van der Waals surface area (Å²) in [5.74, 6) is -0.815. The van der Waals surface area contributed by atoms with Gasteiger partial charge in [-0.2, -0.15) is 0 Å². The number of carboxylic acids is 1. The van der Waals surface area contributed by atoms with Crippen LogP contribution in [0.2, 0.25) is 0 Å². The zero-order valence-corrected chi connectivity index (χ0v) is 13.1. The highest BCUT2D eigenvalue weighted by atomic mass is 16.4. The van der Waals surface area contributed by atoms with E-state index in [1.807, 2.05) is 18.2 Å². The number of hydrogen-bond donors (Lipinski definition) is 1. The highest BCUT2D eigenvalue weighted by molar-refractivity contribution is 5.79. The van der Waals surface area contributed by atoms with Crippen LogP contribution in [0.3, 0.4) is 0 Å². The molecule has 1 aromatic rings. The van der Waals surface area contributed by atoms with Gasteiger partial charge >= 0.3 is 5.97 Å². The highest BCUT2D eigenvalue weighted by Crippen LogP contribution is 2.20. The number of carbonyl (C=O) groups excluding carboxylic acids is 1. The molecule has 22 heavy (non-hydrogen) atoms. The lowest BCUT2D eigenvalue weighted by Crippen LogP contribution is -2.43. The molecule has 1 heterocycles. The second-order valence-corrected chi connectivity index (χ2v) is 5.96. The van der Waals surface area contributed by atoms with Crippen LogP contribution in [0, 0.1) is 5.92 Å². The predicted molar refractivity (Wildman–Crippen MR) is 84.3 cm³/mol. The smallest absolute Gasteiger partial charge is 0.305 e. The van der Waals surface area contributed by atoms with Crippen LogP contribution in [0.1, 0.15) is 24.8 Å². The van der Waals surface area contributed by atoms with Gasteiger partial charge in [0.05, 0.1) is 12.3 Å². The molecule has 0 aliphatic carbocycles. The maximum absolute atomic E-state index is 12.4. The van der Waals surface area contributed by atoms with E-state index in [1.165, 1.54) is 5.56 Å². The van der Waals surface area contributed by atoms with Crippen LogP contribution in [-0.4, -0.2) is 53.5 Å². The largest absolute Gasteiger partial charge is 0.481 e. The molecule has 1 aliphatic heterocycles. The second-order valence-electron chi connectivity index (χ2n) is 5.96. The number of piperidine rings is 1. The molecule has 1 aromatic carbocycles. The lowest BCUT2D eigenvalue weighted by Gasteiger charge is -2.34. The second kappa shape index (κ2) is 7.94. The molecule has 1 N–H and O–H groups in total. The van der Waals surface area contributed by atoms with E-state index in [-0.39, 0.29) is 24.8 Å². The average Bonchev–Trinajstić information content (AvgIpc) is 2.53. The molecular formula is C17H24N2O3. The van der Waals surface area contributed by atoms with Gasteiger partial charge in [-0.15, -0.1) is 0 Å². The third-order valence-corrected chi connectivity index (χ3v) is 4.14. The quantitative estimate of drug-likeness (QED) is 0.871. The van der Waals surface area contributed by atoms with Gasteiger partial charge in [-0.25, -0.2) is 0 Å². The number of nitrogens with zero attached hydrogens (tertiary/aromatic N) is 2. The summed E-state index contributed by atoms with van der Waals surface area (Å²) >= 11 is 0. The Kier molecular flexibility index (Phi) is 5.95. The van der Waals surface area contributed by atoms with Crippen molar-refractivity contribution in [3.8, 4) is 0 Å². The predicted octanol–water partition coefficient (Wildman–Crippen LogP) is 1.83. The van der Waals surface area contributed by atoms with Crippen molar-refractivity contribution in [2.75, 3.05) is 26.7 Å². The van der Waals surface area contributed by atoms with E-state index in [0.717, 1.165) is 32.5 Å². The molecule has 0 radical (unpaired) electrons. The van der Waals surface area contributed by atoms with Gasteiger partial charge in [-0.1, -0.05) is 30.3 Å². The van der Waals surface area contributed by atoms with Gasteiger partial charge in [-0.05, 0) is 24.9 Å². The molecule has 5 heteroatoms. The van der Waals surface area contributed by atoms with E-state index in [1.54, 1.807) is 11.9 Å². The molecule has 5 nitrogen and oxygen atoms in total. The van der Waals surface area contributed by atoms with E-state index in [0.29, 0.717) is 0 Å². The van der Waals surface area contributed by atoms with Crippen molar-refractivity contribution in [3.63, 3.8) is 0 Å². The number of rotatable bonds is 6. The third kappa shape index (κ3) is 4.84. The zero-order chi connectivity index (χ0) is 15.9. The first-order valence-corrected chi connectivity index (χ1v) is 7.79. The summed E-state index contributed by atoms with van der Waals surface area (Å²) in [5, 5.41) is 8.71. The van der Waals surface area contributed by atoms with Crippen molar-refractivity contribution in [2.24, 2.45) is 5.92 Å². The SMILES string of the molecule is CN(CCC(=O)O)C(=O)C1CCCN(Cc2ccccc2)C1. The zero-order valence-electron chi connectivity index (χ0n) is 13.1. The van der Waals surface area contributed by atoms with E-state index < -0.39 is 5.97 Å². The number of amides is 1. The molecule has 0 bridgehead atoms. The molecule has 1 unspecified atom stereocenters. The van der Waals surface area contributed by atoms with Gasteiger partial charge in [0.25, 0.3) is 0 Å². The molecule has 2 rings (SSSR count). The molecular weight excluding hydrogens is 280 g/mol. The van der Waals surface area contributed by atoms with Crippen molar-refractivity contribution >= 4 is 11.9 Å². The monoisotopic (exact) mass is 304 g/mol. The molecule has 1 atom stereocenters. The van der Waals surface area contributed by atoms with Gasteiger partial charge < -0.3 is 10.0 Å². The van der Waals surface area contributed by atoms with Gasteiger partial charge in [0.15, 0.2) is 0 Å². The molecule has 1 aliphatic rings. The van der Waals surface area contributed by atoms with E-state index >= 15 is 0 Å². The summed E-state index contributed by atoms with van der Waals surface area (Å²) in [6.07, 6.45) is 1.90. The maximum atomic E-state index is 12.4. The summed E-state index contributed by atoms with van der Waals surface area (Å²) < 4.78 is 0. The Morgan fingerprint density at radius 3 is 2.73 bits per heavy atom. The minimum Gasteiger partial charge on any atom is -0.481 e. The first-order chi connectivity index (χ1) is 10.6. The lowest BCUT2D eigenvalue weighted by molar-refractivity contribution is -0.139. The summed E-state index contributed by atoms with van der Waals surface area (Å²) in [5.41, 5.74) is 1.26. The van der Waals surface area contributed by atoms with Crippen molar-refractivity contribution in [3.05, 3.63) is 35.9 Å². The van der Waals surface area contributed by atoms with Crippen LogP contribution in [0.25, 0.3) is 0 Å². The highest BCUT2D eigenvalue weighted by Gasteiger charge is 2.27. The number of hydrogen-bond acceptors (Lipinski definition) is 3. The Bertz CT molecular complexity index is 504. The number of aliphatic carboxylic acids is 1.